The van der Waals surface area contributed by atoms with E-state index in [4.69, 9.17) is 0 Å². The number of fused-ring (bicyclic) bond motifs is 1. The Morgan fingerprint density at radius 1 is 1.37 bits per heavy atom. The SMILES string of the molecule is CCCN(CC(F)F)c1nc(C)nc2c1cnn2C. The molecule has 2 heterocycles. The Morgan fingerprint density at radius 3 is 2.74 bits per heavy atom. The van der Waals surface area contributed by atoms with Gasteiger partial charge in [0.25, 0.3) is 6.43 Å². The standard InChI is InChI=1S/C12H17F2N5/c1-4-5-19(7-10(13)14)12-9-6-15-18(3)11(9)16-8(2)17-12/h6,10H,4-5,7H2,1-3H3. The lowest BCUT2D eigenvalue weighted by Crippen LogP contribution is -2.30. The number of rotatable bonds is 5. The molecule has 2 aromatic heterocycles. The van der Waals surface area contributed by atoms with E-state index in [1.54, 1.807) is 29.7 Å². The van der Waals surface area contributed by atoms with Gasteiger partial charge in [-0.15, -0.1) is 0 Å². The molecule has 104 valence electrons. The number of aromatic nitrogens is 4. The molecule has 0 spiro atoms. The van der Waals surface area contributed by atoms with Crippen LogP contribution >= 0.6 is 0 Å². The van der Waals surface area contributed by atoms with Crippen LogP contribution in [-0.4, -0.2) is 39.3 Å². The van der Waals surface area contributed by atoms with E-state index in [2.05, 4.69) is 15.1 Å². The second-order valence-corrected chi connectivity index (χ2v) is 4.44. The molecule has 0 unspecified atom stereocenters. The molecule has 2 aromatic rings. The highest BCUT2D eigenvalue weighted by Crippen LogP contribution is 2.24. The Morgan fingerprint density at radius 2 is 2.11 bits per heavy atom. The van der Waals surface area contributed by atoms with Crippen LogP contribution < -0.4 is 4.90 Å². The molecule has 0 aliphatic heterocycles. The van der Waals surface area contributed by atoms with Crippen LogP contribution in [0.1, 0.15) is 19.2 Å². The summed E-state index contributed by atoms with van der Waals surface area (Å²) in [5.74, 6) is 1.10. The van der Waals surface area contributed by atoms with Gasteiger partial charge in [-0.25, -0.2) is 18.7 Å². The molecule has 0 N–H and O–H groups in total. The monoisotopic (exact) mass is 269 g/mol. The molecule has 0 aliphatic carbocycles. The zero-order valence-corrected chi connectivity index (χ0v) is 11.3. The highest BCUT2D eigenvalue weighted by Gasteiger charge is 2.18. The lowest BCUT2D eigenvalue weighted by molar-refractivity contribution is 0.154. The highest BCUT2D eigenvalue weighted by atomic mass is 19.3. The van der Waals surface area contributed by atoms with Crippen molar-refractivity contribution in [2.45, 2.75) is 26.7 Å². The van der Waals surface area contributed by atoms with Gasteiger partial charge in [-0.1, -0.05) is 6.92 Å². The number of hydrogen-bond acceptors (Lipinski definition) is 4. The Labute approximate surface area is 110 Å². The fourth-order valence-corrected chi connectivity index (χ4v) is 2.07. The number of anilines is 1. The third kappa shape index (κ3) is 2.80. The molecular weight excluding hydrogens is 252 g/mol. The maximum Gasteiger partial charge on any atom is 0.255 e. The maximum absolute atomic E-state index is 12.7. The van der Waals surface area contributed by atoms with Crippen molar-refractivity contribution in [3.05, 3.63) is 12.0 Å². The first-order valence-electron chi connectivity index (χ1n) is 6.22. The normalized spacial score (nSPS) is 11.5. The van der Waals surface area contributed by atoms with Crippen LogP contribution in [0.4, 0.5) is 14.6 Å². The van der Waals surface area contributed by atoms with Crippen molar-refractivity contribution in [2.24, 2.45) is 7.05 Å². The summed E-state index contributed by atoms with van der Waals surface area (Å²) < 4.78 is 27.0. The van der Waals surface area contributed by atoms with Gasteiger partial charge in [0.2, 0.25) is 0 Å². The molecule has 7 heteroatoms. The summed E-state index contributed by atoms with van der Waals surface area (Å²) in [6.45, 7) is 3.91. The Bertz CT molecular complexity index is 566. The summed E-state index contributed by atoms with van der Waals surface area (Å²) in [6.07, 6.45) is 0.00371. The summed E-state index contributed by atoms with van der Waals surface area (Å²) in [4.78, 5) is 10.2. The Hall–Kier alpha value is -1.79. The molecule has 0 bridgehead atoms. The first-order valence-corrected chi connectivity index (χ1v) is 6.22. The minimum atomic E-state index is -2.39. The van der Waals surface area contributed by atoms with E-state index in [1.165, 1.54) is 0 Å². The van der Waals surface area contributed by atoms with E-state index < -0.39 is 6.43 Å². The van der Waals surface area contributed by atoms with Crippen LogP contribution in [0.15, 0.2) is 6.20 Å². The maximum atomic E-state index is 12.7. The summed E-state index contributed by atoms with van der Waals surface area (Å²) in [5.41, 5.74) is 0.665. The molecule has 5 nitrogen and oxygen atoms in total. The average Bonchev–Trinajstić information content (AvgIpc) is 2.69. The summed E-state index contributed by atoms with van der Waals surface area (Å²) >= 11 is 0. The third-order valence-corrected chi connectivity index (χ3v) is 2.84. The topological polar surface area (TPSA) is 46.8 Å². The van der Waals surface area contributed by atoms with Gasteiger partial charge in [0, 0.05) is 13.6 Å². The van der Waals surface area contributed by atoms with Crippen molar-refractivity contribution in [3.8, 4) is 0 Å². The number of aryl methyl sites for hydroxylation is 2. The van der Waals surface area contributed by atoms with E-state index in [0.717, 1.165) is 6.42 Å². The molecule has 0 aromatic carbocycles. The molecule has 0 atom stereocenters. The van der Waals surface area contributed by atoms with Crippen molar-refractivity contribution in [3.63, 3.8) is 0 Å². The first-order chi connectivity index (χ1) is 9.02. The van der Waals surface area contributed by atoms with Gasteiger partial charge in [0.15, 0.2) is 5.65 Å². The molecular formula is C12H17F2N5. The van der Waals surface area contributed by atoms with Crippen molar-refractivity contribution >= 4 is 16.9 Å². The van der Waals surface area contributed by atoms with Crippen LogP contribution in [0, 0.1) is 6.92 Å². The number of halogens is 2. The van der Waals surface area contributed by atoms with Gasteiger partial charge in [0.05, 0.1) is 18.1 Å². The molecule has 0 fully saturated rings. The quantitative estimate of drug-likeness (QED) is 0.834. The molecule has 0 amide bonds. The predicted molar refractivity (Wildman–Crippen MR) is 69.5 cm³/mol. The number of hydrogen-bond donors (Lipinski definition) is 0. The van der Waals surface area contributed by atoms with Crippen molar-refractivity contribution in [2.75, 3.05) is 18.0 Å². The van der Waals surface area contributed by atoms with Crippen LogP contribution in [-0.2, 0) is 7.05 Å². The van der Waals surface area contributed by atoms with Gasteiger partial charge in [0.1, 0.15) is 11.6 Å². The van der Waals surface area contributed by atoms with Crippen LogP contribution in [0.3, 0.4) is 0 Å². The number of alkyl halides is 2. The van der Waals surface area contributed by atoms with Gasteiger partial charge in [-0.3, -0.25) is 4.68 Å². The molecule has 0 aliphatic rings. The van der Waals surface area contributed by atoms with E-state index in [9.17, 15) is 8.78 Å². The predicted octanol–water partition coefficient (Wildman–Crippen LogP) is 2.15. The van der Waals surface area contributed by atoms with Crippen molar-refractivity contribution in [1.82, 2.24) is 19.7 Å². The van der Waals surface area contributed by atoms with Gasteiger partial charge in [-0.05, 0) is 13.3 Å². The highest BCUT2D eigenvalue weighted by molar-refractivity contribution is 5.86. The van der Waals surface area contributed by atoms with E-state index in [1.807, 2.05) is 6.92 Å². The summed E-state index contributed by atoms with van der Waals surface area (Å²) in [6, 6.07) is 0. The number of nitrogens with zero attached hydrogens (tertiary/aromatic N) is 5. The lowest BCUT2D eigenvalue weighted by Gasteiger charge is -2.23. The second-order valence-electron chi connectivity index (χ2n) is 4.44. The van der Waals surface area contributed by atoms with Crippen molar-refractivity contribution in [1.29, 1.82) is 0 Å². The smallest absolute Gasteiger partial charge is 0.255 e. The third-order valence-electron chi connectivity index (χ3n) is 2.84. The first kappa shape index (κ1) is 13.6. The van der Waals surface area contributed by atoms with E-state index in [-0.39, 0.29) is 6.54 Å². The van der Waals surface area contributed by atoms with Gasteiger partial charge in [-0.2, -0.15) is 5.10 Å². The fourth-order valence-electron chi connectivity index (χ4n) is 2.07. The molecule has 0 saturated carbocycles. The van der Waals surface area contributed by atoms with Crippen molar-refractivity contribution < 1.29 is 8.78 Å². The van der Waals surface area contributed by atoms with Gasteiger partial charge >= 0.3 is 0 Å². The van der Waals surface area contributed by atoms with Crippen LogP contribution in [0.2, 0.25) is 0 Å². The van der Waals surface area contributed by atoms with Crippen LogP contribution in [0.25, 0.3) is 11.0 Å². The molecule has 2 rings (SSSR count). The largest absolute Gasteiger partial charge is 0.350 e. The molecule has 19 heavy (non-hydrogen) atoms. The Kier molecular flexibility index (Phi) is 3.92. The fraction of sp³-hybridized carbons (Fsp3) is 0.583. The van der Waals surface area contributed by atoms with Gasteiger partial charge < -0.3 is 4.90 Å². The molecule has 0 saturated heterocycles. The summed E-state index contributed by atoms with van der Waals surface area (Å²) in [7, 11) is 1.77. The van der Waals surface area contributed by atoms with E-state index in [0.29, 0.717) is 29.2 Å². The average molecular weight is 269 g/mol. The zero-order valence-electron chi connectivity index (χ0n) is 11.3. The second kappa shape index (κ2) is 5.46. The van der Waals surface area contributed by atoms with E-state index >= 15 is 0 Å². The zero-order chi connectivity index (χ0) is 14.0. The summed E-state index contributed by atoms with van der Waals surface area (Å²) in [5, 5.41) is 4.83. The van der Waals surface area contributed by atoms with Crippen LogP contribution in [0.5, 0.6) is 0 Å². The minimum Gasteiger partial charge on any atom is -0.350 e. The Balaban J connectivity index is 2.51. The lowest BCUT2D eigenvalue weighted by atomic mass is 10.3. The molecule has 0 radical (unpaired) electrons. The minimum absolute atomic E-state index is 0.325.